The summed E-state index contributed by atoms with van der Waals surface area (Å²) in [6.45, 7) is 0. The van der Waals surface area contributed by atoms with Gasteiger partial charge in [0.25, 0.3) is 5.91 Å². The van der Waals surface area contributed by atoms with Gasteiger partial charge in [-0.05, 0) is 28.1 Å². The molecule has 0 spiro atoms. The summed E-state index contributed by atoms with van der Waals surface area (Å²) in [5.74, 6) is -0.660. The van der Waals surface area contributed by atoms with Crippen LogP contribution >= 0.6 is 27.3 Å². The van der Waals surface area contributed by atoms with Crippen LogP contribution < -0.4 is 10.6 Å². The molecule has 0 bridgehead atoms. The Hall–Kier alpha value is -1.61. The molecule has 1 heterocycles. The molecule has 2 rings (SSSR count). The minimum atomic E-state index is -4.54. The number of alkyl halides is 3. The van der Waals surface area contributed by atoms with Gasteiger partial charge in [-0.15, -0.1) is 0 Å². The van der Waals surface area contributed by atoms with Crippen LogP contribution in [0.3, 0.4) is 0 Å². The van der Waals surface area contributed by atoms with Gasteiger partial charge in [-0.2, -0.15) is 13.2 Å². The molecule has 1 aromatic carbocycles. The Morgan fingerprint density at radius 1 is 1.38 bits per heavy atom. The summed E-state index contributed by atoms with van der Waals surface area (Å²) >= 11 is 4.35. The predicted molar refractivity (Wildman–Crippen MR) is 78.8 cm³/mol. The van der Waals surface area contributed by atoms with Crippen LogP contribution in [0.2, 0.25) is 0 Å². The molecule has 4 nitrogen and oxygen atoms in total. The largest absolute Gasteiger partial charge is 0.418 e. The SMILES string of the molecule is CNc1c(C(=O)Nc2ncc(Br)s2)cccc1C(F)(F)F. The lowest BCUT2D eigenvalue weighted by atomic mass is 10.1. The average Bonchev–Trinajstić information content (AvgIpc) is 2.82. The maximum absolute atomic E-state index is 12.9. The monoisotopic (exact) mass is 379 g/mol. The topological polar surface area (TPSA) is 54.0 Å². The first-order valence-electron chi connectivity index (χ1n) is 5.63. The third-order valence-corrected chi connectivity index (χ3v) is 3.95. The Balaban J connectivity index is 2.37. The molecule has 0 atom stereocenters. The summed E-state index contributed by atoms with van der Waals surface area (Å²) in [6, 6.07) is 3.43. The van der Waals surface area contributed by atoms with Crippen molar-refractivity contribution in [3.63, 3.8) is 0 Å². The number of carbonyl (C=O) groups excluding carboxylic acids is 1. The standard InChI is InChI=1S/C12H9BrF3N3OS/c1-17-9-6(3-2-4-7(9)12(14,15)16)10(20)19-11-18-5-8(13)21-11/h2-5,17H,1H3,(H,18,19,20). The van der Waals surface area contributed by atoms with Crippen molar-refractivity contribution in [1.82, 2.24) is 4.98 Å². The van der Waals surface area contributed by atoms with E-state index in [1.54, 1.807) is 0 Å². The van der Waals surface area contributed by atoms with Crippen molar-refractivity contribution in [2.24, 2.45) is 0 Å². The van der Waals surface area contributed by atoms with Crippen molar-refractivity contribution in [3.8, 4) is 0 Å². The minimum absolute atomic E-state index is 0.0985. The molecule has 0 saturated carbocycles. The number of thiazole rings is 1. The van der Waals surface area contributed by atoms with Crippen LogP contribution in [0.25, 0.3) is 0 Å². The number of anilines is 2. The number of aromatic nitrogens is 1. The second-order valence-corrected chi connectivity index (χ2v) is 6.31. The zero-order valence-corrected chi connectivity index (χ0v) is 13.0. The smallest absolute Gasteiger partial charge is 0.387 e. The zero-order chi connectivity index (χ0) is 15.6. The highest BCUT2D eigenvalue weighted by Crippen LogP contribution is 2.36. The van der Waals surface area contributed by atoms with E-state index in [0.29, 0.717) is 8.92 Å². The maximum Gasteiger partial charge on any atom is 0.418 e. The number of hydrogen-bond acceptors (Lipinski definition) is 4. The Labute approximate surface area is 130 Å². The lowest BCUT2D eigenvalue weighted by molar-refractivity contribution is -0.136. The molecule has 0 aliphatic carbocycles. The molecule has 0 aliphatic heterocycles. The second-order valence-electron chi connectivity index (χ2n) is 3.90. The molecule has 0 radical (unpaired) electrons. The fourth-order valence-electron chi connectivity index (χ4n) is 1.72. The van der Waals surface area contributed by atoms with Crippen LogP contribution in [0.15, 0.2) is 28.2 Å². The third kappa shape index (κ3) is 3.53. The number of nitrogens with one attached hydrogen (secondary N) is 2. The highest BCUT2D eigenvalue weighted by molar-refractivity contribution is 9.11. The van der Waals surface area contributed by atoms with Crippen LogP contribution in [0.1, 0.15) is 15.9 Å². The first-order chi connectivity index (χ1) is 9.82. The highest BCUT2D eigenvalue weighted by Gasteiger charge is 2.35. The summed E-state index contributed by atoms with van der Waals surface area (Å²) < 4.78 is 39.5. The molecule has 2 N–H and O–H groups in total. The number of halogens is 4. The summed E-state index contributed by atoms with van der Waals surface area (Å²) in [5, 5.41) is 5.20. The summed E-state index contributed by atoms with van der Waals surface area (Å²) in [5.41, 5.74) is -1.25. The van der Waals surface area contributed by atoms with Gasteiger partial charge in [-0.3, -0.25) is 10.1 Å². The Morgan fingerprint density at radius 3 is 2.62 bits per heavy atom. The zero-order valence-electron chi connectivity index (χ0n) is 10.6. The van der Waals surface area contributed by atoms with E-state index in [-0.39, 0.29) is 11.3 Å². The number of para-hydroxylation sites is 1. The van der Waals surface area contributed by atoms with Gasteiger partial charge in [0, 0.05) is 7.05 Å². The van der Waals surface area contributed by atoms with Crippen molar-refractivity contribution in [3.05, 3.63) is 39.3 Å². The van der Waals surface area contributed by atoms with Crippen molar-refractivity contribution < 1.29 is 18.0 Å². The van der Waals surface area contributed by atoms with E-state index in [0.717, 1.165) is 17.4 Å². The van der Waals surface area contributed by atoms with E-state index in [4.69, 9.17) is 0 Å². The molecule has 112 valence electrons. The van der Waals surface area contributed by atoms with E-state index >= 15 is 0 Å². The van der Waals surface area contributed by atoms with E-state index in [2.05, 4.69) is 31.5 Å². The van der Waals surface area contributed by atoms with Crippen LogP contribution in [0.4, 0.5) is 24.0 Å². The molecule has 0 unspecified atom stereocenters. The number of nitrogens with zero attached hydrogens (tertiary/aromatic N) is 1. The van der Waals surface area contributed by atoms with Gasteiger partial charge in [0.1, 0.15) is 0 Å². The fourth-order valence-corrected chi connectivity index (χ4v) is 2.83. The summed E-state index contributed by atoms with van der Waals surface area (Å²) in [4.78, 5) is 16.0. The quantitative estimate of drug-likeness (QED) is 0.839. The molecule has 2 aromatic rings. The molecule has 9 heteroatoms. The summed E-state index contributed by atoms with van der Waals surface area (Å²) in [6.07, 6.45) is -3.05. The molecule has 21 heavy (non-hydrogen) atoms. The van der Waals surface area contributed by atoms with Gasteiger partial charge in [0.15, 0.2) is 5.13 Å². The number of carbonyl (C=O) groups is 1. The Bertz CT molecular complexity index is 672. The van der Waals surface area contributed by atoms with Crippen molar-refractivity contribution in [2.45, 2.75) is 6.18 Å². The molecule has 0 saturated heterocycles. The summed E-state index contributed by atoms with van der Waals surface area (Å²) in [7, 11) is 1.33. The van der Waals surface area contributed by atoms with Gasteiger partial charge >= 0.3 is 6.18 Å². The normalized spacial score (nSPS) is 11.3. The minimum Gasteiger partial charge on any atom is -0.387 e. The van der Waals surface area contributed by atoms with Crippen LogP contribution in [-0.4, -0.2) is 17.9 Å². The molecule has 1 amide bonds. The predicted octanol–water partition coefficient (Wildman–Crippen LogP) is 4.22. The molecular weight excluding hydrogens is 371 g/mol. The van der Waals surface area contributed by atoms with E-state index in [1.807, 2.05) is 0 Å². The van der Waals surface area contributed by atoms with Gasteiger partial charge in [-0.1, -0.05) is 17.4 Å². The molecule has 0 fully saturated rings. The molecule has 1 aromatic heterocycles. The number of hydrogen-bond donors (Lipinski definition) is 2. The molecule has 0 aliphatic rings. The highest BCUT2D eigenvalue weighted by atomic mass is 79.9. The van der Waals surface area contributed by atoms with E-state index < -0.39 is 17.6 Å². The van der Waals surface area contributed by atoms with Crippen molar-refractivity contribution in [1.29, 1.82) is 0 Å². The number of rotatable bonds is 3. The first kappa shape index (κ1) is 15.8. The maximum atomic E-state index is 12.9. The van der Waals surface area contributed by atoms with Gasteiger partial charge < -0.3 is 5.32 Å². The first-order valence-corrected chi connectivity index (χ1v) is 7.24. The second kappa shape index (κ2) is 6.02. The average molecular weight is 380 g/mol. The lowest BCUT2D eigenvalue weighted by Crippen LogP contribution is -2.17. The van der Waals surface area contributed by atoms with Crippen molar-refractivity contribution >= 4 is 44.0 Å². The Kier molecular flexibility index (Phi) is 4.52. The lowest BCUT2D eigenvalue weighted by Gasteiger charge is -2.15. The van der Waals surface area contributed by atoms with Gasteiger partial charge in [0.05, 0.1) is 26.8 Å². The third-order valence-electron chi connectivity index (χ3n) is 2.56. The molecular formula is C12H9BrF3N3OS. The van der Waals surface area contributed by atoms with Crippen molar-refractivity contribution in [2.75, 3.05) is 17.7 Å². The van der Waals surface area contributed by atoms with Gasteiger partial charge in [0.2, 0.25) is 0 Å². The van der Waals surface area contributed by atoms with Crippen LogP contribution in [0, 0.1) is 0 Å². The van der Waals surface area contributed by atoms with E-state index in [9.17, 15) is 18.0 Å². The van der Waals surface area contributed by atoms with E-state index in [1.165, 1.54) is 25.4 Å². The Morgan fingerprint density at radius 2 is 2.10 bits per heavy atom. The number of amides is 1. The fraction of sp³-hybridized carbons (Fsp3) is 0.167. The van der Waals surface area contributed by atoms with Crippen LogP contribution in [-0.2, 0) is 6.18 Å². The number of benzene rings is 1. The van der Waals surface area contributed by atoms with Gasteiger partial charge in [-0.25, -0.2) is 4.98 Å². The van der Waals surface area contributed by atoms with Crippen LogP contribution in [0.5, 0.6) is 0 Å².